The van der Waals surface area contributed by atoms with Gasteiger partial charge in [0.2, 0.25) is 0 Å². The quantitative estimate of drug-likeness (QED) is 0.694. The third-order valence-electron chi connectivity index (χ3n) is 3.98. The van der Waals surface area contributed by atoms with Gasteiger partial charge in [-0.3, -0.25) is 0 Å². The predicted molar refractivity (Wildman–Crippen MR) is 106 cm³/mol. The molecule has 0 fully saturated rings. The summed E-state index contributed by atoms with van der Waals surface area (Å²) in [5, 5.41) is 6.17. The first kappa shape index (κ1) is 20.0. The van der Waals surface area contributed by atoms with Crippen LogP contribution in [0.25, 0.3) is 0 Å². The molecule has 0 unspecified atom stereocenters. The molecule has 1 amide bonds. The minimum absolute atomic E-state index is 0.365. The summed E-state index contributed by atoms with van der Waals surface area (Å²) < 4.78 is 5.22. The van der Waals surface area contributed by atoms with Gasteiger partial charge in [-0.05, 0) is 44.9 Å². The van der Waals surface area contributed by atoms with Crippen molar-refractivity contribution in [3.05, 3.63) is 71.8 Å². The number of benzene rings is 2. The fourth-order valence-corrected chi connectivity index (χ4v) is 2.84. The summed E-state index contributed by atoms with van der Waals surface area (Å²) >= 11 is 0. The van der Waals surface area contributed by atoms with Crippen molar-refractivity contribution in [3.8, 4) is 0 Å². The second-order valence-corrected chi connectivity index (χ2v) is 7.34. The Kier molecular flexibility index (Phi) is 7.67. The van der Waals surface area contributed by atoms with E-state index in [1.54, 1.807) is 0 Å². The number of nitrogens with one attached hydrogen (secondary N) is 2. The molecule has 0 aliphatic heterocycles. The molecule has 2 rings (SSSR count). The Hall–Kier alpha value is -2.33. The zero-order valence-corrected chi connectivity index (χ0v) is 16.0. The monoisotopic (exact) mass is 354 g/mol. The van der Waals surface area contributed by atoms with E-state index in [1.807, 2.05) is 32.9 Å². The van der Waals surface area contributed by atoms with Crippen molar-refractivity contribution in [1.29, 1.82) is 0 Å². The van der Waals surface area contributed by atoms with Crippen molar-refractivity contribution >= 4 is 6.09 Å². The van der Waals surface area contributed by atoms with Crippen LogP contribution in [0.5, 0.6) is 0 Å². The Bertz CT molecular complexity index is 611. The summed E-state index contributed by atoms with van der Waals surface area (Å²) in [4.78, 5) is 11.6. The number of amides is 1. The lowest BCUT2D eigenvalue weighted by atomic mass is 9.88. The zero-order valence-electron chi connectivity index (χ0n) is 16.0. The Labute approximate surface area is 157 Å². The maximum absolute atomic E-state index is 11.6. The third kappa shape index (κ3) is 7.28. The highest BCUT2D eigenvalue weighted by atomic mass is 16.6. The van der Waals surface area contributed by atoms with E-state index in [1.165, 1.54) is 11.1 Å². The van der Waals surface area contributed by atoms with Crippen LogP contribution in [-0.4, -0.2) is 31.3 Å². The smallest absolute Gasteiger partial charge is 0.407 e. The molecule has 140 valence electrons. The molecule has 0 bridgehead atoms. The van der Waals surface area contributed by atoms with Gasteiger partial charge in [-0.25, -0.2) is 4.79 Å². The number of alkyl carbamates (subject to hydrolysis) is 1. The summed E-state index contributed by atoms with van der Waals surface area (Å²) in [6, 6.07) is 21.2. The van der Waals surface area contributed by atoms with Crippen molar-refractivity contribution < 1.29 is 9.53 Å². The molecule has 0 aliphatic rings. The van der Waals surface area contributed by atoms with Crippen LogP contribution in [0, 0.1) is 0 Å². The zero-order chi connectivity index (χ0) is 18.8. The van der Waals surface area contributed by atoms with E-state index >= 15 is 0 Å². The molecule has 2 N–H and O–H groups in total. The van der Waals surface area contributed by atoms with Crippen molar-refractivity contribution in [2.45, 2.75) is 38.7 Å². The topological polar surface area (TPSA) is 50.4 Å². The normalized spacial score (nSPS) is 11.4. The van der Waals surface area contributed by atoms with Crippen LogP contribution in [0.15, 0.2) is 60.7 Å². The standard InChI is InChI=1S/C22H30N2O2/c1-22(2,3)26-21(25)24-17-16-23-15-14-20(18-10-6-4-7-11-18)19-12-8-5-9-13-19/h4-13,20,23H,14-17H2,1-3H3,(H,24,25). The van der Waals surface area contributed by atoms with E-state index in [9.17, 15) is 4.79 Å². The Morgan fingerprint density at radius 2 is 1.42 bits per heavy atom. The average Bonchev–Trinajstić information content (AvgIpc) is 2.61. The van der Waals surface area contributed by atoms with Crippen LogP contribution in [-0.2, 0) is 4.74 Å². The van der Waals surface area contributed by atoms with Crippen LogP contribution in [0.1, 0.15) is 44.2 Å². The fraction of sp³-hybridized carbons (Fsp3) is 0.409. The minimum atomic E-state index is -0.462. The molecule has 0 radical (unpaired) electrons. The van der Waals surface area contributed by atoms with E-state index in [0.717, 1.165) is 19.5 Å². The molecule has 0 saturated carbocycles. The first-order valence-corrected chi connectivity index (χ1v) is 9.23. The molecule has 0 spiro atoms. The van der Waals surface area contributed by atoms with Crippen LogP contribution in [0.2, 0.25) is 0 Å². The third-order valence-corrected chi connectivity index (χ3v) is 3.98. The fourth-order valence-electron chi connectivity index (χ4n) is 2.84. The van der Waals surface area contributed by atoms with Gasteiger partial charge in [0, 0.05) is 19.0 Å². The molecule has 26 heavy (non-hydrogen) atoms. The van der Waals surface area contributed by atoms with Gasteiger partial charge in [-0.1, -0.05) is 60.7 Å². The summed E-state index contributed by atoms with van der Waals surface area (Å²) in [5.74, 6) is 0.365. The predicted octanol–water partition coefficient (Wildman–Crippen LogP) is 4.32. The lowest BCUT2D eigenvalue weighted by Gasteiger charge is -2.20. The molecule has 0 atom stereocenters. The van der Waals surface area contributed by atoms with Gasteiger partial charge in [-0.2, -0.15) is 0 Å². The van der Waals surface area contributed by atoms with Crippen molar-refractivity contribution in [2.24, 2.45) is 0 Å². The van der Waals surface area contributed by atoms with Gasteiger partial charge >= 0.3 is 6.09 Å². The van der Waals surface area contributed by atoms with E-state index in [0.29, 0.717) is 12.5 Å². The minimum Gasteiger partial charge on any atom is -0.444 e. The molecular weight excluding hydrogens is 324 g/mol. The molecule has 0 heterocycles. The maximum Gasteiger partial charge on any atom is 0.407 e. The largest absolute Gasteiger partial charge is 0.444 e. The molecule has 0 saturated heterocycles. The maximum atomic E-state index is 11.6. The summed E-state index contributed by atoms with van der Waals surface area (Å²) in [6.07, 6.45) is 0.631. The first-order valence-electron chi connectivity index (χ1n) is 9.23. The lowest BCUT2D eigenvalue weighted by molar-refractivity contribution is 0.0528. The lowest BCUT2D eigenvalue weighted by Crippen LogP contribution is -2.36. The number of carbonyl (C=O) groups excluding carboxylic acids is 1. The molecule has 0 aromatic heterocycles. The highest BCUT2D eigenvalue weighted by Gasteiger charge is 2.15. The molecule has 2 aromatic carbocycles. The van der Waals surface area contributed by atoms with Gasteiger partial charge in [0.05, 0.1) is 0 Å². The molecule has 0 aliphatic carbocycles. The van der Waals surface area contributed by atoms with E-state index < -0.39 is 5.60 Å². The van der Waals surface area contributed by atoms with E-state index in [4.69, 9.17) is 4.74 Å². The number of hydrogen-bond acceptors (Lipinski definition) is 3. The van der Waals surface area contributed by atoms with Crippen LogP contribution >= 0.6 is 0 Å². The van der Waals surface area contributed by atoms with Crippen LogP contribution in [0.4, 0.5) is 4.79 Å². The molecular formula is C22H30N2O2. The highest BCUT2D eigenvalue weighted by molar-refractivity contribution is 5.67. The number of ether oxygens (including phenoxy) is 1. The van der Waals surface area contributed by atoms with Crippen molar-refractivity contribution in [1.82, 2.24) is 10.6 Å². The van der Waals surface area contributed by atoms with Crippen LogP contribution in [0.3, 0.4) is 0 Å². The van der Waals surface area contributed by atoms with E-state index in [-0.39, 0.29) is 6.09 Å². The SMILES string of the molecule is CC(C)(C)OC(=O)NCCNCCC(c1ccccc1)c1ccccc1. The van der Waals surface area contributed by atoms with E-state index in [2.05, 4.69) is 59.2 Å². The van der Waals surface area contributed by atoms with Crippen molar-refractivity contribution in [3.63, 3.8) is 0 Å². The Balaban J connectivity index is 1.77. The van der Waals surface area contributed by atoms with Crippen molar-refractivity contribution in [2.75, 3.05) is 19.6 Å². The Morgan fingerprint density at radius 1 is 0.885 bits per heavy atom. The molecule has 2 aromatic rings. The van der Waals surface area contributed by atoms with Gasteiger partial charge in [0.15, 0.2) is 0 Å². The van der Waals surface area contributed by atoms with Gasteiger partial charge in [0.1, 0.15) is 5.60 Å². The van der Waals surface area contributed by atoms with Gasteiger partial charge in [0.25, 0.3) is 0 Å². The first-order chi connectivity index (χ1) is 12.5. The van der Waals surface area contributed by atoms with Crippen LogP contribution < -0.4 is 10.6 Å². The highest BCUT2D eigenvalue weighted by Crippen LogP contribution is 2.27. The Morgan fingerprint density at radius 3 is 1.92 bits per heavy atom. The van der Waals surface area contributed by atoms with Gasteiger partial charge in [-0.15, -0.1) is 0 Å². The summed E-state index contributed by atoms with van der Waals surface area (Å²) in [5.41, 5.74) is 2.19. The number of carbonyl (C=O) groups is 1. The average molecular weight is 354 g/mol. The number of hydrogen-bond donors (Lipinski definition) is 2. The summed E-state index contributed by atoms with van der Waals surface area (Å²) in [7, 11) is 0. The second-order valence-electron chi connectivity index (χ2n) is 7.34. The second kappa shape index (κ2) is 9.97. The van der Waals surface area contributed by atoms with Gasteiger partial charge < -0.3 is 15.4 Å². The number of rotatable bonds is 8. The molecule has 4 nitrogen and oxygen atoms in total. The molecule has 4 heteroatoms. The summed E-state index contributed by atoms with van der Waals surface area (Å²) in [6.45, 7) is 7.73.